The van der Waals surface area contributed by atoms with Gasteiger partial charge in [0.05, 0.1) is 24.3 Å². The lowest BCUT2D eigenvalue weighted by Crippen LogP contribution is -2.29. The van der Waals surface area contributed by atoms with Crippen molar-refractivity contribution in [1.29, 1.82) is 0 Å². The minimum atomic E-state index is -4.70. The number of aliphatic hydroxyl groups is 1. The molecule has 31 heavy (non-hydrogen) atoms. The maximum absolute atomic E-state index is 13.0. The van der Waals surface area contributed by atoms with Gasteiger partial charge in [-0.05, 0) is 38.5 Å². The molecule has 0 aliphatic heterocycles. The van der Waals surface area contributed by atoms with Crippen molar-refractivity contribution in [3.63, 3.8) is 0 Å². The monoisotopic (exact) mass is 470 g/mol. The van der Waals surface area contributed by atoms with Crippen molar-refractivity contribution in [2.75, 3.05) is 6.61 Å². The molecule has 0 radical (unpaired) electrons. The van der Waals surface area contributed by atoms with Crippen LogP contribution in [-0.4, -0.2) is 40.3 Å². The van der Waals surface area contributed by atoms with Crippen LogP contribution in [0.4, 0.5) is 22.0 Å². The van der Waals surface area contributed by atoms with Crippen molar-refractivity contribution in [3.8, 4) is 17.0 Å². The topological polar surface area (TPSA) is 73.6 Å². The molecule has 2 aromatic rings. The maximum Gasteiger partial charge on any atom is 0.392 e. The first kappa shape index (κ1) is 24.9. The Morgan fingerprint density at radius 2 is 1.94 bits per heavy atom. The molecule has 0 aliphatic rings. The number of esters is 1. The van der Waals surface area contributed by atoms with E-state index in [0.717, 1.165) is 19.1 Å². The summed E-state index contributed by atoms with van der Waals surface area (Å²) < 4.78 is 75.1. The zero-order valence-corrected chi connectivity index (χ0v) is 17.5. The molecule has 12 heteroatoms. The summed E-state index contributed by atoms with van der Waals surface area (Å²) in [5, 5.41) is 14.1. The summed E-state index contributed by atoms with van der Waals surface area (Å²) in [6.07, 6.45) is -6.31. The minimum absolute atomic E-state index is 0.0323. The van der Waals surface area contributed by atoms with E-state index in [1.807, 2.05) is 0 Å². The molecular weight excluding hydrogens is 451 g/mol. The second-order valence-electron chi connectivity index (χ2n) is 6.70. The Hall–Kier alpha value is -2.40. The fourth-order valence-electron chi connectivity index (χ4n) is 2.99. The average molecular weight is 471 g/mol. The number of halogens is 6. The predicted molar refractivity (Wildman–Crippen MR) is 101 cm³/mol. The zero-order chi connectivity index (χ0) is 23.6. The number of aromatic nitrogens is 2. The molecule has 0 aliphatic carbocycles. The summed E-state index contributed by atoms with van der Waals surface area (Å²) >= 11 is 6.27. The summed E-state index contributed by atoms with van der Waals surface area (Å²) in [6, 6.07) is 3.18. The number of benzene rings is 1. The summed E-state index contributed by atoms with van der Waals surface area (Å²) in [5.74, 6) is -1.37. The third kappa shape index (κ3) is 5.85. The SMILES string of the molecule is CCOC(=O)c1nn(CC)c(-c2ccc(C(C)(O)CC(F)(F)F)cc2OC(F)F)c1Cl. The normalized spacial score (nSPS) is 13.9. The smallest absolute Gasteiger partial charge is 0.392 e. The molecule has 172 valence electrons. The Balaban J connectivity index is 2.65. The molecule has 1 unspecified atom stereocenters. The Morgan fingerprint density at radius 1 is 1.29 bits per heavy atom. The molecule has 1 aromatic heterocycles. The predicted octanol–water partition coefficient (Wildman–Crippen LogP) is 5.16. The molecule has 1 N–H and O–H groups in total. The molecular formula is C19H20ClF5N2O4. The van der Waals surface area contributed by atoms with Gasteiger partial charge < -0.3 is 14.6 Å². The molecule has 0 saturated heterocycles. The Morgan fingerprint density at radius 3 is 2.45 bits per heavy atom. The Labute approximate surface area is 179 Å². The first-order valence-corrected chi connectivity index (χ1v) is 9.50. The van der Waals surface area contributed by atoms with Crippen molar-refractivity contribution < 1.29 is 41.3 Å². The van der Waals surface area contributed by atoms with Gasteiger partial charge in [-0.3, -0.25) is 4.68 Å². The highest BCUT2D eigenvalue weighted by Crippen LogP contribution is 2.42. The summed E-state index contributed by atoms with van der Waals surface area (Å²) in [4.78, 5) is 12.1. The summed E-state index contributed by atoms with van der Waals surface area (Å²) in [7, 11) is 0. The lowest BCUT2D eigenvalue weighted by atomic mass is 9.90. The van der Waals surface area contributed by atoms with Crippen LogP contribution in [0.25, 0.3) is 11.3 Å². The third-order valence-corrected chi connectivity index (χ3v) is 4.64. The van der Waals surface area contributed by atoms with Gasteiger partial charge in [-0.2, -0.15) is 27.1 Å². The molecule has 0 saturated carbocycles. The first-order chi connectivity index (χ1) is 14.3. The minimum Gasteiger partial charge on any atom is -0.461 e. The molecule has 0 spiro atoms. The number of nitrogens with zero attached hydrogens (tertiary/aromatic N) is 2. The number of ether oxygens (including phenoxy) is 2. The molecule has 1 aromatic carbocycles. The van der Waals surface area contributed by atoms with Crippen molar-refractivity contribution in [2.24, 2.45) is 0 Å². The second-order valence-corrected chi connectivity index (χ2v) is 7.08. The summed E-state index contributed by atoms with van der Waals surface area (Å²) in [6.45, 7) is 1.04. The van der Waals surface area contributed by atoms with Crippen molar-refractivity contribution in [2.45, 2.75) is 52.1 Å². The fraction of sp³-hybridized carbons (Fsp3) is 0.474. The third-order valence-electron chi connectivity index (χ3n) is 4.28. The van der Waals surface area contributed by atoms with Crippen LogP contribution in [-0.2, 0) is 16.9 Å². The number of hydrogen-bond donors (Lipinski definition) is 1. The van der Waals surface area contributed by atoms with E-state index in [4.69, 9.17) is 16.3 Å². The standard InChI is InChI=1S/C19H20ClF5N2O4/c1-4-27-15(13(20)14(26-27)16(28)30-5-2)11-7-6-10(8-12(11)31-17(21)22)18(3,29)9-19(23,24)25/h6-8,17,29H,4-5,9H2,1-3H3. The van der Waals surface area contributed by atoms with E-state index in [-0.39, 0.29) is 40.7 Å². The average Bonchev–Trinajstić information content (AvgIpc) is 2.96. The van der Waals surface area contributed by atoms with Crippen LogP contribution in [0.1, 0.15) is 43.2 Å². The van der Waals surface area contributed by atoms with E-state index in [1.54, 1.807) is 13.8 Å². The number of rotatable bonds is 8. The van der Waals surface area contributed by atoms with E-state index in [9.17, 15) is 31.9 Å². The van der Waals surface area contributed by atoms with Crippen LogP contribution in [0.15, 0.2) is 18.2 Å². The molecule has 0 amide bonds. The molecule has 0 fully saturated rings. The van der Waals surface area contributed by atoms with E-state index >= 15 is 0 Å². The van der Waals surface area contributed by atoms with Crippen molar-refractivity contribution in [1.82, 2.24) is 9.78 Å². The number of aryl methyl sites for hydroxylation is 1. The molecule has 6 nitrogen and oxygen atoms in total. The molecule has 1 atom stereocenters. The number of alkyl halides is 5. The molecule has 2 rings (SSSR count). The lowest BCUT2D eigenvalue weighted by molar-refractivity contribution is -0.174. The first-order valence-electron chi connectivity index (χ1n) is 9.13. The summed E-state index contributed by atoms with van der Waals surface area (Å²) in [5.41, 5.74) is -2.97. The van der Waals surface area contributed by atoms with Crippen LogP contribution >= 0.6 is 11.6 Å². The van der Waals surface area contributed by atoms with E-state index in [2.05, 4.69) is 9.84 Å². The van der Waals surface area contributed by atoms with Gasteiger partial charge in [0.1, 0.15) is 10.8 Å². The lowest BCUT2D eigenvalue weighted by Gasteiger charge is -2.26. The van der Waals surface area contributed by atoms with Gasteiger partial charge in [0.15, 0.2) is 5.69 Å². The van der Waals surface area contributed by atoms with Gasteiger partial charge in [0.25, 0.3) is 0 Å². The van der Waals surface area contributed by atoms with Crippen LogP contribution in [0.3, 0.4) is 0 Å². The van der Waals surface area contributed by atoms with E-state index in [0.29, 0.717) is 0 Å². The Bertz CT molecular complexity index is 944. The van der Waals surface area contributed by atoms with Crippen LogP contribution in [0.5, 0.6) is 5.75 Å². The van der Waals surface area contributed by atoms with Gasteiger partial charge in [0, 0.05) is 12.1 Å². The highest BCUT2D eigenvalue weighted by atomic mass is 35.5. The molecule has 1 heterocycles. The van der Waals surface area contributed by atoms with E-state index in [1.165, 1.54) is 10.7 Å². The highest BCUT2D eigenvalue weighted by molar-refractivity contribution is 6.36. The van der Waals surface area contributed by atoms with E-state index < -0.39 is 36.5 Å². The van der Waals surface area contributed by atoms with Gasteiger partial charge in [-0.25, -0.2) is 4.79 Å². The van der Waals surface area contributed by atoms with Gasteiger partial charge in [-0.1, -0.05) is 17.7 Å². The van der Waals surface area contributed by atoms with Crippen molar-refractivity contribution >= 4 is 17.6 Å². The van der Waals surface area contributed by atoms with Gasteiger partial charge in [0.2, 0.25) is 0 Å². The fourth-order valence-corrected chi connectivity index (χ4v) is 3.31. The number of carbonyl (C=O) groups is 1. The highest BCUT2D eigenvalue weighted by Gasteiger charge is 2.40. The second kappa shape index (κ2) is 9.39. The van der Waals surface area contributed by atoms with Crippen molar-refractivity contribution in [3.05, 3.63) is 34.5 Å². The number of carbonyl (C=O) groups excluding carboxylic acids is 1. The van der Waals surface area contributed by atoms with Crippen LogP contribution in [0, 0.1) is 0 Å². The largest absolute Gasteiger partial charge is 0.461 e. The quantitative estimate of drug-likeness (QED) is 0.426. The maximum atomic E-state index is 13.0. The number of hydrogen-bond acceptors (Lipinski definition) is 5. The zero-order valence-electron chi connectivity index (χ0n) is 16.8. The Kier molecular flexibility index (Phi) is 7.53. The van der Waals surface area contributed by atoms with Crippen LogP contribution < -0.4 is 4.74 Å². The van der Waals surface area contributed by atoms with Gasteiger partial charge in [-0.15, -0.1) is 0 Å². The van der Waals surface area contributed by atoms with Gasteiger partial charge >= 0.3 is 18.8 Å². The molecule has 0 bridgehead atoms. The van der Waals surface area contributed by atoms with Crippen LogP contribution in [0.2, 0.25) is 5.02 Å².